The van der Waals surface area contributed by atoms with Crippen LogP contribution in [0.2, 0.25) is 0 Å². The summed E-state index contributed by atoms with van der Waals surface area (Å²) in [5.74, 6) is -0.412. The lowest BCUT2D eigenvalue weighted by atomic mass is 10.1. The number of carbonyl (C=O) groups excluding carboxylic acids is 2. The molecule has 0 saturated carbocycles. The van der Waals surface area contributed by atoms with E-state index in [1.807, 2.05) is 4.90 Å². The molecule has 1 aliphatic rings. The Balaban J connectivity index is 1.66. The van der Waals surface area contributed by atoms with Crippen LogP contribution in [0.4, 0.5) is 5.69 Å². The van der Waals surface area contributed by atoms with Crippen molar-refractivity contribution in [3.63, 3.8) is 0 Å². The van der Waals surface area contributed by atoms with Gasteiger partial charge in [0.05, 0.1) is 12.0 Å². The van der Waals surface area contributed by atoms with Crippen LogP contribution in [0.5, 0.6) is 0 Å². The van der Waals surface area contributed by atoms with Gasteiger partial charge in [-0.25, -0.2) is 4.79 Å². The predicted molar refractivity (Wildman–Crippen MR) is 99.7 cm³/mol. The Labute approximate surface area is 151 Å². The molecule has 1 fully saturated rings. The molecule has 6 heteroatoms. The average molecular weight is 358 g/mol. The van der Waals surface area contributed by atoms with Crippen LogP contribution in [0.3, 0.4) is 0 Å². The van der Waals surface area contributed by atoms with Crippen LogP contribution in [-0.2, 0) is 4.74 Å². The first-order chi connectivity index (χ1) is 12.0. The number of benzene rings is 1. The van der Waals surface area contributed by atoms with Crippen LogP contribution in [0.1, 0.15) is 30.5 Å². The lowest BCUT2D eigenvalue weighted by Crippen LogP contribution is -2.48. The molecule has 25 heavy (non-hydrogen) atoms. The smallest absolute Gasteiger partial charge is 0.348 e. The zero-order valence-electron chi connectivity index (χ0n) is 14.7. The van der Waals surface area contributed by atoms with E-state index in [4.69, 9.17) is 4.74 Å². The largest absolute Gasteiger partial charge is 0.465 e. The van der Waals surface area contributed by atoms with Crippen LogP contribution in [0.15, 0.2) is 30.3 Å². The van der Waals surface area contributed by atoms with Crippen molar-refractivity contribution in [2.45, 2.75) is 13.8 Å². The third-order valence-electron chi connectivity index (χ3n) is 4.69. The molecule has 0 radical (unpaired) electrons. The van der Waals surface area contributed by atoms with Gasteiger partial charge < -0.3 is 14.5 Å². The highest BCUT2D eigenvalue weighted by atomic mass is 32.1. The van der Waals surface area contributed by atoms with Crippen molar-refractivity contribution in [2.24, 2.45) is 0 Å². The number of amides is 1. The van der Waals surface area contributed by atoms with E-state index in [9.17, 15) is 9.59 Å². The second kappa shape index (κ2) is 7.27. The summed E-state index contributed by atoms with van der Waals surface area (Å²) >= 11 is 1.19. The molecular formula is C19H22N2O3S. The molecule has 0 bridgehead atoms. The van der Waals surface area contributed by atoms with Crippen molar-refractivity contribution in [3.05, 3.63) is 51.2 Å². The highest BCUT2D eigenvalue weighted by Crippen LogP contribution is 2.25. The minimum Gasteiger partial charge on any atom is -0.465 e. The van der Waals surface area contributed by atoms with Crippen LogP contribution >= 0.6 is 11.3 Å². The molecule has 3 rings (SSSR count). The van der Waals surface area contributed by atoms with E-state index in [-0.39, 0.29) is 5.91 Å². The summed E-state index contributed by atoms with van der Waals surface area (Å²) < 4.78 is 4.70. The van der Waals surface area contributed by atoms with Crippen LogP contribution in [0.25, 0.3) is 0 Å². The van der Waals surface area contributed by atoms with Crippen LogP contribution in [0, 0.1) is 13.8 Å². The Bertz CT molecular complexity index is 792. The van der Waals surface area contributed by atoms with Gasteiger partial charge in [-0.15, -0.1) is 11.3 Å². The van der Waals surface area contributed by atoms with Gasteiger partial charge in [-0.05, 0) is 43.2 Å². The van der Waals surface area contributed by atoms with E-state index >= 15 is 0 Å². The Kier molecular flexibility index (Phi) is 5.08. The number of thiophene rings is 1. The summed E-state index contributed by atoms with van der Waals surface area (Å²) in [5.41, 5.74) is 3.82. The number of hydrogen-bond donors (Lipinski definition) is 0. The monoisotopic (exact) mass is 358 g/mol. The van der Waals surface area contributed by atoms with E-state index < -0.39 is 5.97 Å². The van der Waals surface area contributed by atoms with Crippen molar-refractivity contribution in [3.8, 4) is 0 Å². The third-order valence-corrected chi connectivity index (χ3v) is 5.74. The van der Waals surface area contributed by atoms with Gasteiger partial charge in [0.1, 0.15) is 4.88 Å². The number of piperazine rings is 1. The van der Waals surface area contributed by atoms with Crippen molar-refractivity contribution >= 4 is 28.9 Å². The van der Waals surface area contributed by atoms with Crippen LogP contribution < -0.4 is 4.90 Å². The fraction of sp³-hybridized carbons (Fsp3) is 0.368. The third kappa shape index (κ3) is 3.54. The molecule has 0 N–H and O–H groups in total. The molecule has 2 heterocycles. The quantitative estimate of drug-likeness (QED) is 0.791. The molecule has 132 valence electrons. The molecule has 5 nitrogen and oxygen atoms in total. The van der Waals surface area contributed by atoms with Gasteiger partial charge in [0.15, 0.2) is 0 Å². The highest BCUT2D eigenvalue weighted by Gasteiger charge is 2.25. The number of methoxy groups -OCH3 is 1. The Morgan fingerprint density at radius 2 is 1.68 bits per heavy atom. The molecule has 0 aliphatic carbocycles. The average Bonchev–Trinajstić information content (AvgIpc) is 3.13. The minimum atomic E-state index is -0.399. The number of ether oxygens (including phenoxy) is 1. The highest BCUT2D eigenvalue weighted by molar-refractivity contribution is 7.15. The molecule has 1 aliphatic heterocycles. The van der Waals surface area contributed by atoms with Crippen molar-refractivity contribution in [1.82, 2.24) is 4.90 Å². The molecule has 1 amide bonds. The molecule has 2 aromatic rings. The number of hydrogen-bond acceptors (Lipinski definition) is 5. The maximum absolute atomic E-state index is 12.7. The Hall–Kier alpha value is -2.34. The van der Waals surface area contributed by atoms with E-state index in [1.165, 1.54) is 35.3 Å². The van der Waals surface area contributed by atoms with Gasteiger partial charge in [0, 0.05) is 31.9 Å². The second-order valence-electron chi connectivity index (χ2n) is 6.15. The summed E-state index contributed by atoms with van der Waals surface area (Å²) in [6, 6.07) is 9.69. The number of anilines is 1. The number of carbonyl (C=O) groups is 2. The number of rotatable bonds is 3. The van der Waals surface area contributed by atoms with E-state index in [1.54, 1.807) is 12.1 Å². The number of esters is 1. The summed E-state index contributed by atoms with van der Waals surface area (Å²) in [6.45, 7) is 7.24. The second-order valence-corrected chi connectivity index (χ2v) is 7.24. The summed E-state index contributed by atoms with van der Waals surface area (Å²) in [7, 11) is 1.34. The first-order valence-electron chi connectivity index (χ1n) is 8.30. The van der Waals surface area contributed by atoms with Gasteiger partial charge in [0.25, 0.3) is 5.91 Å². The van der Waals surface area contributed by atoms with E-state index in [0.717, 1.165) is 13.1 Å². The topological polar surface area (TPSA) is 49.9 Å². The fourth-order valence-corrected chi connectivity index (χ4v) is 3.94. The first-order valence-corrected chi connectivity index (χ1v) is 9.11. The zero-order chi connectivity index (χ0) is 18.0. The molecule has 1 aromatic carbocycles. The first kappa shape index (κ1) is 17.5. The number of aryl methyl sites for hydroxylation is 1. The Morgan fingerprint density at radius 3 is 2.36 bits per heavy atom. The van der Waals surface area contributed by atoms with Gasteiger partial charge >= 0.3 is 5.97 Å². The standard InChI is InChI=1S/C19H22N2O3S/c1-13-5-4-6-15(14(13)2)20-9-11-21(12-10-20)18(22)16-7-8-17(25-16)19(23)24-3/h4-8H,9-12H2,1-3H3. The molecule has 0 atom stereocenters. The van der Waals surface area contributed by atoms with Gasteiger partial charge in [-0.1, -0.05) is 12.1 Å². The van der Waals surface area contributed by atoms with E-state index in [2.05, 4.69) is 36.9 Å². The SMILES string of the molecule is COC(=O)c1ccc(C(=O)N2CCN(c3cccc(C)c3C)CC2)s1. The van der Waals surface area contributed by atoms with Gasteiger partial charge in [0.2, 0.25) is 0 Å². The summed E-state index contributed by atoms with van der Waals surface area (Å²) in [4.78, 5) is 29.4. The molecule has 1 aromatic heterocycles. The molecule has 0 unspecified atom stereocenters. The summed E-state index contributed by atoms with van der Waals surface area (Å²) in [6.07, 6.45) is 0. The normalized spacial score (nSPS) is 14.5. The maximum Gasteiger partial charge on any atom is 0.348 e. The van der Waals surface area contributed by atoms with Crippen molar-refractivity contribution in [2.75, 3.05) is 38.2 Å². The lowest BCUT2D eigenvalue weighted by Gasteiger charge is -2.36. The van der Waals surface area contributed by atoms with E-state index in [0.29, 0.717) is 22.8 Å². The van der Waals surface area contributed by atoms with Crippen LogP contribution in [-0.4, -0.2) is 50.1 Å². The van der Waals surface area contributed by atoms with Crippen molar-refractivity contribution < 1.29 is 14.3 Å². The molecular weight excluding hydrogens is 336 g/mol. The number of nitrogens with zero attached hydrogens (tertiary/aromatic N) is 2. The maximum atomic E-state index is 12.7. The Morgan fingerprint density at radius 1 is 1.00 bits per heavy atom. The lowest BCUT2D eigenvalue weighted by molar-refractivity contribution is 0.0606. The molecule has 0 spiro atoms. The minimum absolute atomic E-state index is 0.0132. The zero-order valence-corrected chi connectivity index (χ0v) is 15.6. The van der Waals surface area contributed by atoms with Crippen molar-refractivity contribution in [1.29, 1.82) is 0 Å². The predicted octanol–water partition coefficient (Wildman–Crippen LogP) is 3.11. The van der Waals surface area contributed by atoms with Gasteiger partial charge in [-0.2, -0.15) is 0 Å². The molecule has 1 saturated heterocycles. The fourth-order valence-electron chi connectivity index (χ4n) is 3.05. The summed E-state index contributed by atoms with van der Waals surface area (Å²) in [5, 5.41) is 0. The van der Waals surface area contributed by atoms with Gasteiger partial charge in [-0.3, -0.25) is 4.79 Å².